The number of thioether (sulfide) groups is 1. The van der Waals surface area contributed by atoms with E-state index < -0.39 is 0 Å². The van der Waals surface area contributed by atoms with Gasteiger partial charge < -0.3 is 14.7 Å². The summed E-state index contributed by atoms with van der Waals surface area (Å²) in [6.07, 6.45) is 2.12. The zero-order valence-electron chi connectivity index (χ0n) is 19.2. The summed E-state index contributed by atoms with van der Waals surface area (Å²) in [6, 6.07) is 12.0. The van der Waals surface area contributed by atoms with Crippen LogP contribution in [-0.2, 0) is 11.2 Å². The molecule has 1 aromatic carbocycles. The Morgan fingerprint density at radius 1 is 1.03 bits per heavy atom. The summed E-state index contributed by atoms with van der Waals surface area (Å²) >= 11 is 1.79. The van der Waals surface area contributed by atoms with E-state index in [9.17, 15) is 9.59 Å². The first kappa shape index (κ1) is 22.6. The molecule has 0 saturated carbocycles. The fourth-order valence-corrected chi connectivity index (χ4v) is 5.36. The van der Waals surface area contributed by atoms with Crippen LogP contribution in [0.5, 0.6) is 0 Å². The molecule has 0 radical (unpaired) electrons. The molecule has 2 saturated heterocycles. The van der Waals surface area contributed by atoms with Gasteiger partial charge in [-0.05, 0) is 49.6 Å². The Hall–Kier alpha value is -2.54. The molecular weight excluding hydrogens is 420 g/mol. The molecule has 2 aromatic rings. The lowest BCUT2D eigenvalue weighted by Gasteiger charge is -2.33. The smallest absolute Gasteiger partial charge is 0.256 e. The van der Waals surface area contributed by atoms with E-state index in [4.69, 9.17) is 4.98 Å². The number of piperidine rings is 1. The van der Waals surface area contributed by atoms with Crippen LogP contribution in [0.4, 0.5) is 5.69 Å². The second-order valence-electron chi connectivity index (χ2n) is 8.88. The van der Waals surface area contributed by atoms with E-state index in [2.05, 4.69) is 17.0 Å². The van der Waals surface area contributed by atoms with Crippen LogP contribution in [0, 0.1) is 6.92 Å². The molecule has 0 unspecified atom stereocenters. The lowest BCUT2D eigenvalue weighted by atomic mass is 9.89. The molecule has 2 aliphatic rings. The number of hydrogen-bond acceptors (Lipinski definition) is 5. The fraction of sp³-hybridized carbons (Fsp3) is 0.480. The van der Waals surface area contributed by atoms with Crippen LogP contribution in [-0.4, -0.2) is 72.0 Å². The molecule has 1 aromatic heterocycles. The molecule has 6 nitrogen and oxygen atoms in total. The predicted octanol–water partition coefficient (Wildman–Crippen LogP) is 3.55. The molecule has 4 rings (SSSR count). The Kier molecular flexibility index (Phi) is 7.04. The molecule has 7 heteroatoms. The van der Waals surface area contributed by atoms with Gasteiger partial charge in [-0.25, -0.2) is 0 Å². The van der Waals surface area contributed by atoms with Gasteiger partial charge in [0.15, 0.2) is 0 Å². The highest BCUT2D eigenvalue weighted by molar-refractivity contribution is 7.99. The largest absolute Gasteiger partial charge is 0.378 e. The van der Waals surface area contributed by atoms with E-state index in [0.717, 1.165) is 59.2 Å². The number of anilines is 1. The molecule has 0 N–H and O–H groups in total. The summed E-state index contributed by atoms with van der Waals surface area (Å²) in [6.45, 7) is 4.20. The van der Waals surface area contributed by atoms with E-state index >= 15 is 0 Å². The minimum atomic E-state index is 0.0946. The second kappa shape index (κ2) is 9.94. The van der Waals surface area contributed by atoms with Crippen molar-refractivity contribution in [1.29, 1.82) is 0 Å². The summed E-state index contributed by atoms with van der Waals surface area (Å²) in [5.41, 5.74) is 4.76. The first-order valence-corrected chi connectivity index (χ1v) is 12.5. The molecule has 2 aliphatic heterocycles. The van der Waals surface area contributed by atoms with Gasteiger partial charge in [0, 0.05) is 56.8 Å². The van der Waals surface area contributed by atoms with Crippen LogP contribution in [0.15, 0.2) is 36.4 Å². The molecule has 32 heavy (non-hydrogen) atoms. The van der Waals surface area contributed by atoms with Gasteiger partial charge in [0.2, 0.25) is 5.91 Å². The number of nitrogens with zero attached hydrogens (tertiary/aromatic N) is 4. The number of rotatable bonds is 5. The monoisotopic (exact) mass is 452 g/mol. The summed E-state index contributed by atoms with van der Waals surface area (Å²) in [7, 11) is 4.02. The third-order valence-electron chi connectivity index (χ3n) is 6.38. The quantitative estimate of drug-likeness (QED) is 0.694. The Balaban J connectivity index is 1.39. The average Bonchev–Trinajstić information content (AvgIpc) is 3.34. The maximum Gasteiger partial charge on any atom is 0.256 e. The maximum absolute atomic E-state index is 13.1. The molecule has 2 fully saturated rings. The first-order valence-electron chi connectivity index (χ1n) is 11.3. The van der Waals surface area contributed by atoms with Gasteiger partial charge in [-0.15, -0.1) is 11.8 Å². The molecule has 2 amide bonds. The van der Waals surface area contributed by atoms with E-state index in [0.29, 0.717) is 19.5 Å². The second-order valence-corrected chi connectivity index (χ2v) is 9.96. The summed E-state index contributed by atoms with van der Waals surface area (Å²) in [5, 5.41) is 0. The number of carbonyl (C=O) groups is 2. The predicted molar refractivity (Wildman–Crippen MR) is 130 cm³/mol. The SMILES string of the molecule is Cc1ccc(C(=O)N2CCSC2)c(C2CCN(C(=O)Cc3ccc(N(C)C)cc3)CC2)n1. The van der Waals surface area contributed by atoms with Gasteiger partial charge in [-0.2, -0.15) is 0 Å². The van der Waals surface area contributed by atoms with E-state index in [-0.39, 0.29) is 17.7 Å². The van der Waals surface area contributed by atoms with Crippen LogP contribution in [0.3, 0.4) is 0 Å². The first-order chi connectivity index (χ1) is 15.4. The average molecular weight is 453 g/mol. The minimum Gasteiger partial charge on any atom is -0.378 e. The van der Waals surface area contributed by atoms with Crippen molar-refractivity contribution in [1.82, 2.24) is 14.8 Å². The topological polar surface area (TPSA) is 56.8 Å². The Morgan fingerprint density at radius 2 is 1.75 bits per heavy atom. The number of amides is 2. The van der Waals surface area contributed by atoms with E-state index in [1.165, 1.54) is 0 Å². The van der Waals surface area contributed by atoms with Gasteiger partial charge in [-0.1, -0.05) is 12.1 Å². The highest BCUT2D eigenvalue weighted by atomic mass is 32.2. The third kappa shape index (κ3) is 5.09. The van der Waals surface area contributed by atoms with E-state index in [1.54, 1.807) is 11.8 Å². The molecule has 0 spiro atoms. The summed E-state index contributed by atoms with van der Waals surface area (Å²) in [4.78, 5) is 36.7. The molecule has 0 atom stereocenters. The number of hydrogen-bond donors (Lipinski definition) is 0. The van der Waals surface area contributed by atoms with Crippen molar-refractivity contribution in [2.24, 2.45) is 0 Å². The molecule has 0 aliphatic carbocycles. The molecular formula is C25H32N4O2S. The maximum atomic E-state index is 13.1. The van der Waals surface area contributed by atoms with Crippen LogP contribution in [0.1, 0.15) is 46.1 Å². The van der Waals surface area contributed by atoms with Crippen molar-refractivity contribution in [3.05, 3.63) is 58.9 Å². The highest BCUT2D eigenvalue weighted by Gasteiger charge is 2.30. The van der Waals surface area contributed by atoms with Crippen LogP contribution in [0.25, 0.3) is 0 Å². The Bertz CT molecular complexity index is 962. The Morgan fingerprint density at radius 3 is 2.38 bits per heavy atom. The number of pyridine rings is 1. The van der Waals surface area contributed by atoms with Crippen molar-refractivity contribution < 1.29 is 9.59 Å². The van der Waals surface area contributed by atoms with Crippen LogP contribution in [0.2, 0.25) is 0 Å². The Labute approximate surface area is 195 Å². The van der Waals surface area contributed by atoms with Gasteiger partial charge in [0.1, 0.15) is 0 Å². The summed E-state index contributed by atoms with van der Waals surface area (Å²) < 4.78 is 0. The lowest BCUT2D eigenvalue weighted by molar-refractivity contribution is -0.131. The third-order valence-corrected chi connectivity index (χ3v) is 7.34. The van der Waals surface area contributed by atoms with Gasteiger partial charge in [0.25, 0.3) is 5.91 Å². The zero-order chi connectivity index (χ0) is 22.7. The summed E-state index contributed by atoms with van der Waals surface area (Å²) in [5.74, 6) is 2.24. The number of benzene rings is 1. The van der Waals surface area contributed by atoms with Crippen molar-refractivity contribution in [2.45, 2.75) is 32.1 Å². The van der Waals surface area contributed by atoms with Gasteiger partial charge in [-0.3, -0.25) is 14.6 Å². The molecule has 170 valence electrons. The van der Waals surface area contributed by atoms with Crippen molar-refractivity contribution in [2.75, 3.05) is 50.3 Å². The van der Waals surface area contributed by atoms with Gasteiger partial charge in [0.05, 0.1) is 23.6 Å². The van der Waals surface area contributed by atoms with Crippen LogP contribution >= 0.6 is 11.8 Å². The number of carbonyl (C=O) groups excluding carboxylic acids is 2. The van der Waals surface area contributed by atoms with Gasteiger partial charge >= 0.3 is 0 Å². The van der Waals surface area contributed by atoms with Crippen molar-refractivity contribution >= 4 is 29.3 Å². The molecule has 3 heterocycles. The molecule has 0 bridgehead atoms. The lowest BCUT2D eigenvalue weighted by Crippen LogP contribution is -2.39. The van der Waals surface area contributed by atoms with Crippen molar-refractivity contribution in [3.63, 3.8) is 0 Å². The zero-order valence-corrected chi connectivity index (χ0v) is 20.0. The normalized spacial score (nSPS) is 17.0. The highest BCUT2D eigenvalue weighted by Crippen LogP contribution is 2.31. The standard InChI is InChI=1S/C25H32N4O2S/c1-18-4-9-22(25(31)29-14-15-32-17-29)24(26-18)20-10-12-28(13-11-20)23(30)16-19-5-7-21(8-6-19)27(2)3/h4-9,20H,10-17H2,1-3H3. The van der Waals surface area contributed by atoms with Crippen molar-refractivity contribution in [3.8, 4) is 0 Å². The number of likely N-dealkylation sites (tertiary alicyclic amines) is 1. The fourth-order valence-electron chi connectivity index (χ4n) is 4.41. The van der Waals surface area contributed by atoms with Crippen LogP contribution < -0.4 is 4.90 Å². The minimum absolute atomic E-state index is 0.0946. The number of aromatic nitrogens is 1. The van der Waals surface area contributed by atoms with E-state index in [1.807, 2.05) is 55.1 Å². The number of aryl methyl sites for hydroxylation is 1.